The van der Waals surface area contributed by atoms with Crippen molar-refractivity contribution in [2.45, 2.75) is 51.7 Å². The van der Waals surface area contributed by atoms with Crippen LogP contribution < -0.4 is 5.32 Å². The normalized spacial score (nSPS) is 21.5. The van der Waals surface area contributed by atoms with Crippen molar-refractivity contribution in [3.63, 3.8) is 0 Å². The maximum atomic E-state index is 9.82. The topological polar surface area (TPSA) is 45.1 Å². The van der Waals surface area contributed by atoms with E-state index < -0.39 is 0 Å². The molecule has 2 aromatic rings. The molecule has 1 aromatic carbocycles. The number of aryl methyl sites for hydroxylation is 1. The number of aliphatic hydroxyl groups is 1. The Morgan fingerprint density at radius 1 is 1.23 bits per heavy atom. The van der Waals surface area contributed by atoms with Gasteiger partial charge in [0.15, 0.2) is 0 Å². The van der Waals surface area contributed by atoms with Crippen molar-refractivity contribution in [3.05, 3.63) is 41.6 Å². The number of benzene rings is 1. The molecule has 1 aliphatic carbocycles. The van der Waals surface area contributed by atoms with Crippen LogP contribution in [-0.4, -0.2) is 22.7 Å². The van der Waals surface area contributed by atoms with Crippen LogP contribution in [-0.2, 0) is 6.54 Å². The molecule has 0 amide bonds. The third-order valence-electron chi connectivity index (χ3n) is 4.77. The van der Waals surface area contributed by atoms with Crippen LogP contribution in [0.1, 0.15) is 43.4 Å². The van der Waals surface area contributed by atoms with E-state index in [9.17, 15) is 5.11 Å². The van der Waals surface area contributed by atoms with Crippen LogP contribution in [0.15, 0.2) is 30.3 Å². The summed E-state index contributed by atoms with van der Waals surface area (Å²) in [6.45, 7) is 3.95. The lowest BCUT2D eigenvalue weighted by Crippen LogP contribution is -2.18. The predicted octanol–water partition coefficient (Wildman–Crippen LogP) is 3.57. The van der Waals surface area contributed by atoms with E-state index in [-0.39, 0.29) is 6.10 Å². The summed E-state index contributed by atoms with van der Waals surface area (Å²) in [6.07, 6.45) is 5.66. The highest BCUT2D eigenvalue weighted by molar-refractivity contribution is 5.79. The lowest BCUT2D eigenvalue weighted by atomic mass is 10.00. The molecule has 0 radical (unpaired) electrons. The number of hydrogen-bond acceptors (Lipinski definition) is 3. The van der Waals surface area contributed by atoms with Crippen LogP contribution in [0.2, 0.25) is 0 Å². The largest absolute Gasteiger partial charge is 0.393 e. The number of nitrogens with zero attached hydrogens (tertiary/aromatic N) is 1. The minimum Gasteiger partial charge on any atom is -0.393 e. The Morgan fingerprint density at radius 2 is 2.14 bits per heavy atom. The smallest absolute Gasteiger partial charge is 0.0705 e. The van der Waals surface area contributed by atoms with Gasteiger partial charge in [-0.05, 0) is 68.8 Å². The molecule has 3 heteroatoms. The number of aromatic nitrogens is 1. The number of fused-ring (bicyclic) bond motifs is 1. The van der Waals surface area contributed by atoms with Gasteiger partial charge in [0.05, 0.1) is 11.6 Å². The fourth-order valence-electron chi connectivity index (χ4n) is 3.46. The quantitative estimate of drug-likeness (QED) is 0.801. The molecule has 1 aromatic heterocycles. The minimum absolute atomic E-state index is 0.0450. The molecule has 2 atom stereocenters. The summed E-state index contributed by atoms with van der Waals surface area (Å²) in [5.74, 6) is 0.539. The first-order valence-electron chi connectivity index (χ1n) is 8.47. The van der Waals surface area contributed by atoms with E-state index >= 15 is 0 Å². The molecule has 3 rings (SSSR count). The van der Waals surface area contributed by atoms with E-state index in [4.69, 9.17) is 0 Å². The zero-order valence-corrected chi connectivity index (χ0v) is 13.4. The molecule has 1 aliphatic rings. The molecular formula is C19H26N2O. The second-order valence-electron chi connectivity index (χ2n) is 6.56. The molecule has 0 aliphatic heterocycles. The van der Waals surface area contributed by atoms with Gasteiger partial charge in [-0.3, -0.25) is 4.98 Å². The second-order valence-corrected chi connectivity index (χ2v) is 6.56. The van der Waals surface area contributed by atoms with Gasteiger partial charge in [-0.1, -0.05) is 18.6 Å². The minimum atomic E-state index is -0.0450. The highest BCUT2D eigenvalue weighted by atomic mass is 16.3. The molecule has 118 valence electrons. The summed E-state index contributed by atoms with van der Waals surface area (Å²) in [4.78, 5) is 4.53. The molecule has 1 saturated carbocycles. The Kier molecular flexibility index (Phi) is 5.06. The van der Waals surface area contributed by atoms with Gasteiger partial charge in [-0.2, -0.15) is 0 Å². The van der Waals surface area contributed by atoms with Crippen LogP contribution in [0.25, 0.3) is 10.9 Å². The monoisotopic (exact) mass is 298 g/mol. The van der Waals surface area contributed by atoms with Crippen molar-refractivity contribution in [2.24, 2.45) is 5.92 Å². The molecule has 22 heavy (non-hydrogen) atoms. The Hall–Kier alpha value is -1.45. The summed E-state index contributed by atoms with van der Waals surface area (Å²) in [5, 5.41) is 14.5. The van der Waals surface area contributed by atoms with E-state index in [1.54, 1.807) is 0 Å². The maximum Gasteiger partial charge on any atom is 0.0705 e. The molecule has 1 fully saturated rings. The van der Waals surface area contributed by atoms with Crippen LogP contribution in [0.5, 0.6) is 0 Å². The van der Waals surface area contributed by atoms with E-state index in [0.717, 1.165) is 43.6 Å². The first kappa shape index (κ1) is 15.4. The zero-order valence-electron chi connectivity index (χ0n) is 13.4. The SMILES string of the molecule is Cc1ccc2cc(CNCCC[C@@H]3CCC[C@H]3O)ccc2n1. The average molecular weight is 298 g/mol. The van der Waals surface area contributed by atoms with Crippen molar-refractivity contribution in [1.29, 1.82) is 0 Å². The fraction of sp³-hybridized carbons (Fsp3) is 0.526. The van der Waals surface area contributed by atoms with Gasteiger partial charge in [0.1, 0.15) is 0 Å². The summed E-state index contributed by atoms with van der Waals surface area (Å²) in [6, 6.07) is 10.7. The molecule has 0 saturated heterocycles. The van der Waals surface area contributed by atoms with E-state index in [2.05, 4.69) is 40.6 Å². The second kappa shape index (κ2) is 7.21. The van der Waals surface area contributed by atoms with Crippen LogP contribution in [0.4, 0.5) is 0 Å². The van der Waals surface area contributed by atoms with Gasteiger partial charge in [0, 0.05) is 17.6 Å². The van der Waals surface area contributed by atoms with Crippen molar-refractivity contribution >= 4 is 10.9 Å². The zero-order chi connectivity index (χ0) is 15.4. The predicted molar refractivity (Wildman–Crippen MR) is 90.8 cm³/mol. The molecule has 0 bridgehead atoms. The molecule has 3 nitrogen and oxygen atoms in total. The highest BCUT2D eigenvalue weighted by Crippen LogP contribution is 2.28. The maximum absolute atomic E-state index is 9.82. The van der Waals surface area contributed by atoms with Gasteiger partial charge >= 0.3 is 0 Å². The lowest BCUT2D eigenvalue weighted by molar-refractivity contribution is 0.127. The average Bonchev–Trinajstić information content (AvgIpc) is 2.92. The molecule has 0 spiro atoms. The molecule has 2 N–H and O–H groups in total. The van der Waals surface area contributed by atoms with Gasteiger partial charge in [-0.25, -0.2) is 0 Å². The fourth-order valence-corrected chi connectivity index (χ4v) is 3.46. The Balaban J connectivity index is 1.44. The Morgan fingerprint density at radius 3 is 2.95 bits per heavy atom. The number of pyridine rings is 1. The Labute approximate surface area is 132 Å². The number of rotatable bonds is 6. The molecular weight excluding hydrogens is 272 g/mol. The third kappa shape index (κ3) is 3.84. The van der Waals surface area contributed by atoms with E-state index in [1.165, 1.54) is 23.8 Å². The Bertz CT molecular complexity index is 626. The van der Waals surface area contributed by atoms with Crippen molar-refractivity contribution in [2.75, 3.05) is 6.54 Å². The van der Waals surface area contributed by atoms with Crippen LogP contribution >= 0.6 is 0 Å². The van der Waals surface area contributed by atoms with Gasteiger partial charge < -0.3 is 10.4 Å². The lowest BCUT2D eigenvalue weighted by Gasteiger charge is -2.14. The summed E-state index contributed by atoms with van der Waals surface area (Å²) >= 11 is 0. The van der Waals surface area contributed by atoms with Crippen molar-refractivity contribution < 1.29 is 5.11 Å². The number of aliphatic hydroxyl groups excluding tert-OH is 1. The van der Waals surface area contributed by atoms with Crippen LogP contribution in [0, 0.1) is 12.8 Å². The number of nitrogens with one attached hydrogen (secondary N) is 1. The summed E-state index contributed by atoms with van der Waals surface area (Å²) < 4.78 is 0. The highest BCUT2D eigenvalue weighted by Gasteiger charge is 2.24. The first-order chi connectivity index (χ1) is 10.7. The van der Waals surface area contributed by atoms with E-state index in [0.29, 0.717) is 5.92 Å². The van der Waals surface area contributed by atoms with Crippen molar-refractivity contribution in [3.8, 4) is 0 Å². The van der Waals surface area contributed by atoms with E-state index in [1.807, 2.05) is 6.92 Å². The summed E-state index contributed by atoms with van der Waals surface area (Å²) in [7, 11) is 0. The van der Waals surface area contributed by atoms with Crippen LogP contribution in [0.3, 0.4) is 0 Å². The summed E-state index contributed by atoms with van der Waals surface area (Å²) in [5.41, 5.74) is 3.44. The standard InChI is InChI=1S/C19H26N2O/c1-14-7-9-17-12-15(8-10-18(17)21-14)13-20-11-3-5-16-4-2-6-19(16)22/h7-10,12,16,19-20,22H,2-6,11,13H2,1H3/t16-,19+/m0/s1. The van der Waals surface area contributed by atoms with Crippen molar-refractivity contribution in [1.82, 2.24) is 10.3 Å². The first-order valence-corrected chi connectivity index (χ1v) is 8.47. The van der Waals surface area contributed by atoms with Gasteiger partial charge in [0.2, 0.25) is 0 Å². The van der Waals surface area contributed by atoms with Gasteiger partial charge in [-0.15, -0.1) is 0 Å². The van der Waals surface area contributed by atoms with Gasteiger partial charge in [0.25, 0.3) is 0 Å². The third-order valence-corrected chi connectivity index (χ3v) is 4.77. The molecule has 1 heterocycles. The number of hydrogen-bond donors (Lipinski definition) is 2. The molecule has 0 unspecified atom stereocenters.